The van der Waals surface area contributed by atoms with Crippen LogP contribution in [0.1, 0.15) is 47.3 Å². The summed E-state index contributed by atoms with van der Waals surface area (Å²) in [5, 5.41) is 7.43. The standard InChI is InChI=1S/C18H25N5O2/c1-11-9-14-15(21-23(5)16(14)12(2)25-11)18(24)20-10-13-7-6-8-19-17(13)22(3)4/h6-8,11-12H,9-10H2,1-5H3,(H,20,24)/t11-,12+/m1/s1. The third kappa shape index (κ3) is 3.37. The van der Waals surface area contributed by atoms with E-state index in [4.69, 9.17) is 4.74 Å². The lowest BCUT2D eigenvalue weighted by molar-refractivity contribution is -0.00903. The van der Waals surface area contributed by atoms with Gasteiger partial charge in [-0.15, -0.1) is 0 Å². The highest BCUT2D eigenvalue weighted by Crippen LogP contribution is 2.31. The van der Waals surface area contributed by atoms with Gasteiger partial charge in [-0.25, -0.2) is 4.98 Å². The van der Waals surface area contributed by atoms with E-state index in [-0.39, 0.29) is 18.1 Å². The van der Waals surface area contributed by atoms with Gasteiger partial charge in [-0.2, -0.15) is 5.10 Å². The van der Waals surface area contributed by atoms with Crippen LogP contribution in [0.25, 0.3) is 0 Å². The summed E-state index contributed by atoms with van der Waals surface area (Å²) in [7, 11) is 5.73. The van der Waals surface area contributed by atoms with Gasteiger partial charge < -0.3 is 15.0 Å². The van der Waals surface area contributed by atoms with Crippen LogP contribution in [0.3, 0.4) is 0 Å². The predicted octanol–water partition coefficient (Wildman–Crippen LogP) is 1.83. The quantitative estimate of drug-likeness (QED) is 0.917. The summed E-state index contributed by atoms with van der Waals surface area (Å²) in [6.07, 6.45) is 2.47. The number of rotatable bonds is 4. The van der Waals surface area contributed by atoms with Crippen LogP contribution in [0, 0.1) is 0 Å². The summed E-state index contributed by atoms with van der Waals surface area (Å²) in [6.45, 7) is 4.43. The molecule has 0 aromatic carbocycles. The molecule has 0 unspecified atom stereocenters. The molecule has 1 aliphatic heterocycles. The number of carbonyl (C=O) groups excluding carboxylic acids is 1. The van der Waals surface area contributed by atoms with Crippen LogP contribution < -0.4 is 10.2 Å². The number of nitrogens with zero attached hydrogens (tertiary/aromatic N) is 4. The lowest BCUT2D eigenvalue weighted by Crippen LogP contribution is -2.28. The van der Waals surface area contributed by atoms with Crippen molar-refractivity contribution < 1.29 is 9.53 Å². The van der Waals surface area contributed by atoms with Gasteiger partial charge in [0.25, 0.3) is 5.91 Å². The maximum Gasteiger partial charge on any atom is 0.272 e. The first-order chi connectivity index (χ1) is 11.9. The van der Waals surface area contributed by atoms with Gasteiger partial charge >= 0.3 is 0 Å². The molecule has 0 saturated carbocycles. The Morgan fingerprint density at radius 1 is 1.44 bits per heavy atom. The van der Waals surface area contributed by atoms with E-state index in [0.29, 0.717) is 18.7 Å². The van der Waals surface area contributed by atoms with Gasteiger partial charge in [-0.05, 0) is 19.9 Å². The Morgan fingerprint density at radius 3 is 2.92 bits per heavy atom. The highest BCUT2D eigenvalue weighted by molar-refractivity contribution is 5.94. The highest BCUT2D eigenvalue weighted by atomic mass is 16.5. The highest BCUT2D eigenvalue weighted by Gasteiger charge is 2.31. The minimum absolute atomic E-state index is 0.0588. The molecule has 0 spiro atoms. The van der Waals surface area contributed by atoms with E-state index >= 15 is 0 Å². The maximum atomic E-state index is 12.7. The van der Waals surface area contributed by atoms with Crippen molar-refractivity contribution in [1.29, 1.82) is 0 Å². The average molecular weight is 343 g/mol. The number of amides is 1. The molecule has 3 rings (SSSR count). The normalized spacial score (nSPS) is 19.4. The van der Waals surface area contributed by atoms with Crippen LogP contribution in [0.4, 0.5) is 5.82 Å². The van der Waals surface area contributed by atoms with Crippen molar-refractivity contribution >= 4 is 11.7 Å². The molecule has 25 heavy (non-hydrogen) atoms. The molecule has 134 valence electrons. The molecular formula is C18H25N5O2. The summed E-state index contributed by atoms with van der Waals surface area (Å²) < 4.78 is 7.61. The van der Waals surface area contributed by atoms with Gasteiger partial charge in [0, 0.05) is 51.4 Å². The van der Waals surface area contributed by atoms with Crippen molar-refractivity contribution in [2.24, 2.45) is 7.05 Å². The molecule has 7 nitrogen and oxygen atoms in total. The molecule has 2 aromatic rings. The van der Waals surface area contributed by atoms with Crippen LogP contribution >= 0.6 is 0 Å². The molecule has 0 radical (unpaired) electrons. The summed E-state index contributed by atoms with van der Waals surface area (Å²) in [6, 6.07) is 3.84. The number of carbonyl (C=O) groups is 1. The minimum Gasteiger partial charge on any atom is -0.369 e. The molecular weight excluding hydrogens is 318 g/mol. The fourth-order valence-electron chi connectivity index (χ4n) is 3.45. The molecule has 2 atom stereocenters. The predicted molar refractivity (Wildman–Crippen MR) is 95.6 cm³/mol. The summed E-state index contributed by atoms with van der Waals surface area (Å²) in [4.78, 5) is 19.0. The Hall–Kier alpha value is -2.41. The third-order valence-corrected chi connectivity index (χ3v) is 4.45. The first-order valence-electron chi connectivity index (χ1n) is 8.49. The summed E-state index contributed by atoms with van der Waals surface area (Å²) in [5.74, 6) is 0.688. The number of nitrogens with one attached hydrogen (secondary N) is 1. The second kappa shape index (κ2) is 6.84. The van der Waals surface area contributed by atoms with E-state index in [1.54, 1.807) is 10.9 Å². The van der Waals surface area contributed by atoms with Gasteiger partial charge in [-0.1, -0.05) is 6.07 Å². The average Bonchev–Trinajstić information content (AvgIpc) is 2.89. The number of aryl methyl sites for hydroxylation is 1. The first kappa shape index (κ1) is 17.4. The van der Waals surface area contributed by atoms with Gasteiger partial charge in [0.1, 0.15) is 5.82 Å². The second-order valence-corrected chi connectivity index (χ2v) is 6.69. The monoisotopic (exact) mass is 343 g/mol. The number of hydrogen-bond acceptors (Lipinski definition) is 5. The first-order valence-corrected chi connectivity index (χ1v) is 8.49. The Kier molecular flexibility index (Phi) is 4.76. The maximum absolute atomic E-state index is 12.7. The van der Waals surface area contributed by atoms with Crippen LogP contribution in [0.15, 0.2) is 18.3 Å². The van der Waals surface area contributed by atoms with E-state index in [0.717, 1.165) is 22.6 Å². The molecule has 1 aliphatic rings. The lowest BCUT2D eigenvalue weighted by Gasteiger charge is -2.26. The Balaban J connectivity index is 1.81. The van der Waals surface area contributed by atoms with Crippen molar-refractivity contribution in [3.8, 4) is 0 Å². The smallest absolute Gasteiger partial charge is 0.272 e. The zero-order valence-corrected chi connectivity index (χ0v) is 15.4. The van der Waals surface area contributed by atoms with Crippen LogP contribution in [-0.2, 0) is 24.8 Å². The van der Waals surface area contributed by atoms with E-state index in [1.807, 2.05) is 52.0 Å². The van der Waals surface area contributed by atoms with Crippen molar-refractivity contribution in [3.05, 3.63) is 40.8 Å². The molecule has 1 amide bonds. The fourth-order valence-corrected chi connectivity index (χ4v) is 3.45. The van der Waals surface area contributed by atoms with Crippen molar-refractivity contribution in [2.45, 2.75) is 39.0 Å². The molecule has 0 saturated heterocycles. The van der Waals surface area contributed by atoms with Crippen LogP contribution in [-0.4, -0.2) is 40.9 Å². The fraction of sp³-hybridized carbons (Fsp3) is 0.500. The molecule has 0 bridgehead atoms. The third-order valence-electron chi connectivity index (χ3n) is 4.45. The largest absolute Gasteiger partial charge is 0.369 e. The molecule has 0 fully saturated rings. The molecule has 7 heteroatoms. The Labute approximate surface area is 148 Å². The topological polar surface area (TPSA) is 72.3 Å². The molecule has 3 heterocycles. The van der Waals surface area contributed by atoms with E-state index in [2.05, 4.69) is 15.4 Å². The number of hydrogen-bond donors (Lipinski definition) is 1. The SMILES string of the molecule is C[C@@H]1Cc2c(C(=O)NCc3cccnc3N(C)C)nn(C)c2[C@H](C)O1. The van der Waals surface area contributed by atoms with Crippen molar-refractivity contribution in [3.63, 3.8) is 0 Å². The zero-order valence-electron chi connectivity index (χ0n) is 15.4. The van der Waals surface area contributed by atoms with Gasteiger partial charge in [0.05, 0.1) is 17.9 Å². The van der Waals surface area contributed by atoms with Gasteiger partial charge in [0.2, 0.25) is 0 Å². The van der Waals surface area contributed by atoms with Crippen molar-refractivity contribution in [1.82, 2.24) is 20.1 Å². The number of aromatic nitrogens is 3. The van der Waals surface area contributed by atoms with Crippen molar-refractivity contribution in [2.75, 3.05) is 19.0 Å². The van der Waals surface area contributed by atoms with E-state index < -0.39 is 0 Å². The van der Waals surface area contributed by atoms with Gasteiger partial charge in [-0.3, -0.25) is 9.48 Å². The lowest BCUT2D eigenvalue weighted by atomic mass is 9.99. The molecule has 2 aromatic heterocycles. The Morgan fingerprint density at radius 2 is 2.20 bits per heavy atom. The number of pyridine rings is 1. The summed E-state index contributed by atoms with van der Waals surface area (Å²) >= 11 is 0. The van der Waals surface area contributed by atoms with Gasteiger partial charge in [0.15, 0.2) is 5.69 Å². The number of anilines is 1. The number of ether oxygens (including phenoxy) is 1. The van der Waals surface area contributed by atoms with E-state index in [9.17, 15) is 4.79 Å². The second-order valence-electron chi connectivity index (χ2n) is 6.69. The number of fused-ring (bicyclic) bond motifs is 1. The Bertz CT molecular complexity index is 784. The molecule has 0 aliphatic carbocycles. The zero-order chi connectivity index (χ0) is 18.1. The minimum atomic E-state index is -0.160. The summed E-state index contributed by atoms with van der Waals surface area (Å²) in [5.41, 5.74) is 3.44. The van der Waals surface area contributed by atoms with E-state index in [1.165, 1.54) is 0 Å². The van der Waals surface area contributed by atoms with Crippen LogP contribution in [0.5, 0.6) is 0 Å². The van der Waals surface area contributed by atoms with Crippen LogP contribution in [0.2, 0.25) is 0 Å². The molecule has 1 N–H and O–H groups in total.